The van der Waals surface area contributed by atoms with Crippen LogP contribution >= 0.6 is 0 Å². The molecule has 1 aromatic heterocycles. The van der Waals surface area contributed by atoms with Crippen LogP contribution in [0, 0.1) is 5.92 Å². The first-order chi connectivity index (χ1) is 8.55. The van der Waals surface area contributed by atoms with Crippen LogP contribution in [0.3, 0.4) is 0 Å². The van der Waals surface area contributed by atoms with E-state index in [0.717, 1.165) is 6.42 Å². The van der Waals surface area contributed by atoms with Gasteiger partial charge in [-0.15, -0.1) is 0 Å². The number of hydrogen-bond acceptors (Lipinski definition) is 7. The average molecular weight is 255 g/mol. The van der Waals surface area contributed by atoms with E-state index in [1.165, 1.54) is 0 Å². The molecule has 7 heteroatoms. The minimum absolute atomic E-state index is 0.0705. The van der Waals surface area contributed by atoms with Crippen LogP contribution in [-0.2, 0) is 11.2 Å². The summed E-state index contributed by atoms with van der Waals surface area (Å²) in [6.07, 6.45) is 0.732. The maximum Gasteiger partial charge on any atom is 0.228 e. The van der Waals surface area contributed by atoms with Crippen LogP contribution < -0.4 is 11.1 Å². The van der Waals surface area contributed by atoms with Crippen LogP contribution in [0.15, 0.2) is 0 Å². The Labute approximate surface area is 107 Å². The third kappa shape index (κ3) is 4.80. The highest BCUT2D eigenvalue weighted by atomic mass is 16.5. The van der Waals surface area contributed by atoms with E-state index in [2.05, 4.69) is 34.1 Å². The number of nitrogen functional groups attached to an aromatic ring is 1. The van der Waals surface area contributed by atoms with Gasteiger partial charge < -0.3 is 20.9 Å². The largest absolute Gasteiger partial charge is 0.394 e. The molecule has 0 aliphatic carbocycles. The number of methoxy groups -OCH3 is 1. The Kier molecular flexibility index (Phi) is 5.73. The smallest absolute Gasteiger partial charge is 0.228 e. The van der Waals surface area contributed by atoms with E-state index >= 15 is 0 Å². The lowest BCUT2D eigenvalue weighted by Crippen LogP contribution is -2.30. The van der Waals surface area contributed by atoms with Crippen molar-refractivity contribution in [1.82, 2.24) is 15.0 Å². The Balaban J connectivity index is 2.78. The number of rotatable bonds is 7. The fraction of sp³-hybridized carbons (Fsp3) is 0.727. The van der Waals surface area contributed by atoms with Crippen LogP contribution in [0.1, 0.15) is 19.7 Å². The Morgan fingerprint density at radius 1 is 1.33 bits per heavy atom. The van der Waals surface area contributed by atoms with Gasteiger partial charge in [-0.1, -0.05) is 13.8 Å². The zero-order valence-electron chi connectivity index (χ0n) is 11.1. The van der Waals surface area contributed by atoms with Crippen LogP contribution in [0.5, 0.6) is 0 Å². The Bertz CT molecular complexity index is 372. The van der Waals surface area contributed by atoms with Crippen molar-refractivity contribution in [3.8, 4) is 0 Å². The molecule has 1 aromatic rings. The van der Waals surface area contributed by atoms with Crippen LogP contribution in [0.2, 0.25) is 0 Å². The number of aromatic nitrogens is 3. The number of ether oxygens (including phenoxy) is 1. The quantitative estimate of drug-likeness (QED) is 0.633. The zero-order chi connectivity index (χ0) is 13.5. The number of anilines is 2. The van der Waals surface area contributed by atoms with E-state index in [1.807, 2.05) is 0 Å². The van der Waals surface area contributed by atoms with Gasteiger partial charge in [-0.05, 0) is 5.92 Å². The van der Waals surface area contributed by atoms with Crippen molar-refractivity contribution >= 4 is 11.9 Å². The highest BCUT2D eigenvalue weighted by Gasteiger charge is 2.11. The number of aliphatic hydroxyl groups excluding tert-OH is 1. The Morgan fingerprint density at radius 3 is 2.61 bits per heavy atom. The van der Waals surface area contributed by atoms with Crippen molar-refractivity contribution < 1.29 is 9.84 Å². The van der Waals surface area contributed by atoms with Gasteiger partial charge in [0, 0.05) is 13.5 Å². The first-order valence-electron chi connectivity index (χ1n) is 5.92. The monoisotopic (exact) mass is 255 g/mol. The molecule has 1 rings (SSSR count). The minimum Gasteiger partial charge on any atom is -0.394 e. The lowest BCUT2D eigenvalue weighted by molar-refractivity contribution is 0.153. The van der Waals surface area contributed by atoms with Gasteiger partial charge in [-0.25, -0.2) is 0 Å². The van der Waals surface area contributed by atoms with Crippen LogP contribution in [0.4, 0.5) is 11.9 Å². The van der Waals surface area contributed by atoms with E-state index in [0.29, 0.717) is 24.3 Å². The van der Waals surface area contributed by atoms with Gasteiger partial charge in [0.25, 0.3) is 0 Å². The molecule has 7 nitrogen and oxygen atoms in total. The van der Waals surface area contributed by atoms with Crippen LogP contribution in [0.25, 0.3) is 0 Å². The van der Waals surface area contributed by atoms with E-state index in [9.17, 15) is 0 Å². The summed E-state index contributed by atoms with van der Waals surface area (Å²) in [6.45, 7) is 4.45. The molecule has 0 saturated heterocycles. The molecule has 0 fully saturated rings. The van der Waals surface area contributed by atoms with E-state index < -0.39 is 0 Å². The molecule has 4 N–H and O–H groups in total. The molecule has 0 aromatic carbocycles. The summed E-state index contributed by atoms with van der Waals surface area (Å²) >= 11 is 0. The molecule has 0 spiro atoms. The Hall–Kier alpha value is -1.47. The molecular weight excluding hydrogens is 234 g/mol. The first-order valence-corrected chi connectivity index (χ1v) is 5.92. The van der Waals surface area contributed by atoms with Crippen LogP contribution in [-0.4, -0.2) is 46.4 Å². The second-order valence-electron chi connectivity index (χ2n) is 4.51. The lowest BCUT2D eigenvalue weighted by Gasteiger charge is -2.15. The molecule has 1 heterocycles. The number of hydrogen-bond donors (Lipinski definition) is 3. The SMILES string of the molecule is COCC(CO)Nc1nc(N)nc(CC(C)C)n1. The summed E-state index contributed by atoms with van der Waals surface area (Å²) in [7, 11) is 1.57. The van der Waals surface area contributed by atoms with Crippen molar-refractivity contribution in [3.63, 3.8) is 0 Å². The second-order valence-corrected chi connectivity index (χ2v) is 4.51. The van der Waals surface area contributed by atoms with Crippen molar-refractivity contribution in [2.24, 2.45) is 5.92 Å². The number of nitrogens with one attached hydrogen (secondary N) is 1. The summed E-state index contributed by atoms with van der Waals surface area (Å²) in [5, 5.41) is 12.1. The van der Waals surface area contributed by atoms with Crippen molar-refractivity contribution in [2.45, 2.75) is 26.3 Å². The molecular formula is C11H21N5O2. The molecule has 0 radical (unpaired) electrons. The third-order valence-electron chi connectivity index (χ3n) is 2.21. The van der Waals surface area contributed by atoms with Gasteiger partial charge in [0.2, 0.25) is 11.9 Å². The summed E-state index contributed by atoms with van der Waals surface area (Å²) < 4.78 is 4.97. The van der Waals surface area contributed by atoms with Crippen molar-refractivity contribution in [3.05, 3.63) is 5.82 Å². The number of nitrogens with two attached hydrogens (primary N) is 1. The summed E-state index contributed by atoms with van der Waals surface area (Å²) in [6, 6.07) is -0.260. The molecule has 0 saturated carbocycles. The van der Waals surface area contributed by atoms with Crippen molar-refractivity contribution in [2.75, 3.05) is 31.4 Å². The molecule has 0 amide bonds. The molecule has 1 unspecified atom stereocenters. The average Bonchev–Trinajstić information content (AvgIpc) is 2.26. The lowest BCUT2D eigenvalue weighted by atomic mass is 10.1. The van der Waals surface area contributed by atoms with Gasteiger partial charge in [0.05, 0.1) is 19.3 Å². The standard InChI is InChI=1S/C11H21N5O2/c1-7(2)4-9-14-10(12)16-11(15-9)13-8(5-17)6-18-3/h7-8,17H,4-6H2,1-3H3,(H3,12,13,14,15,16). The highest BCUT2D eigenvalue weighted by molar-refractivity contribution is 5.32. The number of aliphatic hydroxyl groups is 1. The summed E-state index contributed by atoms with van der Waals surface area (Å²) in [5.41, 5.74) is 5.63. The molecule has 18 heavy (non-hydrogen) atoms. The summed E-state index contributed by atoms with van der Waals surface area (Å²) in [4.78, 5) is 12.3. The predicted molar refractivity (Wildman–Crippen MR) is 69.2 cm³/mol. The fourth-order valence-electron chi connectivity index (χ4n) is 1.48. The molecule has 0 aliphatic rings. The third-order valence-corrected chi connectivity index (χ3v) is 2.21. The van der Waals surface area contributed by atoms with Crippen molar-refractivity contribution in [1.29, 1.82) is 0 Å². The summed E-state index contributed by atoms with van der Waals surface area (Å²) in [5.74, 6) is 1.63. The van der Waals surface area contributed by atoms with Gasteiger partial charge >= 0.3 is 0 Å². The Morgan fingerprint density at radius 2 is 2.06 bits per heavy atom. The predicted octanol–water partition coefficient (Wildman–Crippen LogP) is 0.0715. The number of nitrogens with zero attached hydrogens (tertiary/aromatic N) is 3. The fourth-order valence-corrected chi connectivity index (χ4v) is 1.48. The topological polar surface area (TPSA) is 106 Å². The van der Waals surface area contributed by atoms with E-state index in [1.54, 1.807) is 7.11 Å². The minimum atomic E-state index is -0.260. The molecule has 0 aliphatic heterocycles. The molecule has 102 valence electrons. The maximum atomic E-state index is 9.16. The van der Waals surface area contributed by atoms with Gasteiger partial charge in [0.15, 0.2) is 0 Å². The second kappa shape index (κ2) is 7.07. The van der Waals surface area contributed by atoms with E-state index in [-0.39, 0.29) is 18.6 Å². The molecule has 1 atom stereocenters. The first kappa shape index (κ1) is 14.6. The van der Waals surface area contributed by atoms with E-state index in [4.69, 9.17) is 15.6 Å². The molecule has 0 bridgehead atoms. The van der Waals surface area contributed by atoms with Gasteiger partial charge in [0.1, 0.15) is 5.82 Å². The highest BCUT2D eigenvalue weighted by Crippen LogP contribution is 2.08. The van der Waals surface area contributed by atoms with Gasteiger partial charge in [-0.2, -0.15) is 15.0 Å². The van der Waals surface area contributed by atoms with Gasteiger partial charge in [-0.3, -0.25) is 0 Å². The normalized spacial score (nSPS) is 12.7. The zero-order valence-corrected chi connectivity index (χ0v) is 11.1. The maximum absolute atomic E-state index is 9.16.